The monoisotopic (exact) mass is 384 g/mol. The molecule has 9 heteroatoms. The summed E-state index contributed by atoms with van der Waals surface area (Å²) < 4.78 is 21.2. The molecule has 0 radical (unpaired) electrons. The first-order valence-corrected chi connectivity index (χ1v) is 8.28. The number of hydrogen-bond donors (Lipinski definition) is 2. The summed E-state index contributed by atoms with van der Waals surface area (Å²) in [6.45, 7) is 0. The predicted octanol–water partition coefficient (Wildman–Crippen LogP) is 3.82. The SMILES string of the molecule is COc1ccc(N=Nc2c(-c3cc(OC)c(OC)c(OC)c3)[nH][nH]c2=O)cc1. The van der Waals surface area contributed by atoms with Crippen molar-refractivity contribution in [3.05, 3.63) is 46.8 Å². The molecule has 3 aromatic rings. The molecule has 146 valence electrons. The van der Waals surface area contributed by atoms with Crippen molar-refractivity contribution < 1.29 is 18.9 Å². The smallest absolute Gasteiger partial charge is 0.292 e. The van der Waals surface area contributed by atoms with Gasteiger partial charge in [-0.1, -0.05) is 0 Å². The van der Waals surface area contributed by atoms with E-state index >= 15 is 0 Å². The molecule has 0 spiro atoms. The summed E-state index contributed by atoms with van der Waals surface area (Å²) in [5.74, 6) is 2.07. The van der Waals surface area contributed by atoms with Gasteiger partial charge in [-0.05, 0) is 36.4 Å². The maximum atomic E-state index is 12.2. The van der Waals surface area contributed by atoms with Crippen molar-refractivity contribution in [1.29, 1.82) is 0 Å². The van der Waals surface area contributed by atoms with Crippen molar-refractivity contribution in [3.8, 4) is 34.3 Å². The lowest BCUT2D eigenvalue weighted by atomic mass is 10.1. The Morgan fingerprint density at radius 3 is 1.96 bits per heavy atom. The lowest BCUT2D eigenvalue weighted by molar-refractivity contribution is 0.324. The van der Waals surface area contributed by atoms with Crippen LogP contribution >= 0.6 is 0 Å². The first-order chi connectivity index (χ1) is 13.6. The van der Waals surface area contributed by atoms with Crippen LogP contribution in [0.5, 0.6) is 23.0 Å². The molecule has 0 unspecified atom stereocenters. The predicted molar refractivity (Wildman–Crippen MR) is 104 cm³/mol. The average molecular weight is 384 g/mol. The summed E-state index contributed by atoms with van der Waals surface area (Å²) in [6.07, 6.45) is 0. The van der Waals surface area contributed by atoms with Crippen LogP contribution in [-0.4, -0.2) is 38.6 Å². The van der Waals surface area contributed by atoms with Gasteiger partial charge in [0.2, 0.25) is 5.75 Å². The number of azo groups is 1. The Hall–Kier alpha value is -3.75. The van der Waals surface area contributed by atoms with E-state index in [1.807, 2.05) is 0 Å². The van der Waals surface area contributed by atoms with E-state index in [9.17, 15) is 4.79 Å². The zero-order valence-corrected chi connectivity index (χ0v) is 15.9. The number of methoxy groups -OCH3 is 4. The third-order valence-electron chi connectivity index (χ3n) is 4.04. The molecule has 0 bridgehead atoms. The van der Waals surface area contributed by atoms with Crippen LogP contribution in [0.3, 0.4) is 0 Å². The number of nitrogens with one attached hydrogen (secondary N) is 2. The van der Waals surface area contributed by atoms with Crippen molar-refractivity contribution in [3.63, 3.8) is 0 Å². The van der Waals surface area contributed by atoms with Gasteiger partial charge in [0.15, 0.2) is 17.2 Å². The van der Waals surface area contributed by atoms with Crippen LogP contribution in [0.1, 0.15) is 0 Å². The second kappa shape index (κ2) is 8.30. The number of aromatic amines is 2. The minimum Gasteiger partial charge on any atom is -0.497 e. The van der Waals surface area contributed by atoms with Crippen molar-refractivity contribution in [2.45, 2.75) is 0 Å². The molecule has 1 heterocycles. The van der Waals surface area contributed by atoms with Gasteiger partial charge in [0.1, 0.15) is 5.75 Å². The minimum atomic E-state index is -0.402. The second-order valence-corrected chi connectivity index (χ2v) is 5.61. The molecule has 9 nitrogen and oxygen atoms in total. The van der Waals surface area contributed by atoms with E-state index in [4.69, 9.17) is 18.9 Å². The molecule has 28 heavy (non-hydrogen) atoms. The Bertz CT molecular complexity index is 1010. The zero-order valence-electron chi connectivity index (χ0n) is 15.9. The standard InChI is InChI=1S/C19H20N4O5/c1-25-13-7-5-12(6-8-13)20-22-17-16(21-23-19(17)24)11-9-14(26-2)18(28-4)15(10-11)27-3/h5-10H,1-4H3,(H2,21,23,24). The third-order valence-corrected chi connectivity index (χ3v) is 4.04. The number of benzene rings is 2. The van der Waals surface area contributed by atoms with Gasteiger partial charge < -0.3 is 18.9 Å². The molecule has 0 amide bonds. The fourth-order valence-electron chi connectivity index (χ4n) is 2.64. The molecule has 0 aliphatic heterocycles. The number of H-pyrrole nitrogens is 2. The fourth-order valence-corrected chi connectivity index (χ4v) is 2.64. The Kier molecular flexibility index (Phi) is 5.64. The van der Waals surface area contributed by atoms with Crippen molar-refractivity contribution in [2.75, 3.05) is 28.4 Å². The lowest BCUT2D eigenvalue weighted by Gasteiger charge is -2.13. The molecule has 0 saturated carbocycles. The molecule has 0 aliphatic rings. The normalized spacial score (nSPS) is 10.9. The van der Waals surface area contributed by atoms with E-state index < -0.39 is 5.56 Å². The fraction of sp³-hybridized carbons (Fsp3) is 0.211. The quantitative estimate of drug-likeness (QED) is 0.602. The Morgan fingerprint density at radius 2 is 1.43 bits per heavy atom. The Morgan fingerprint density at radius 1 is 0.786 bits per heavy atom. The van der Waals surface area contributed by atoms with E-state index in [0.29, 0.717) is 39.9 Å². The molecular formula is C19H20N4O5. The topological polar surface area (TPSA) is 110 Å². The second-order valence-electron chi connectivity index (χ2n) is 5.61. The highest BCUT2D eigenvalue weighted by atomic mass is 16.5. The maximum Gasteiger partial charge on any atom is 0.292 e. The van der Waals surface area contributed by atoms with Crippen LogP contribution in [0.2, 0.25) is 0 Å². The first-order valence-electron chi connectivity index (χ1n) is 8.28. The third kappa shape index (κ3) is 3.68. The Balaban J connectivity index is 2.03. The molecular weight excluding hydrogens is 364 g/mol. The molecule has 2 N–H and O–H groups in total. The molecule has 0 aliphatic carbocycles. The minimum absolute atomic E-state index is 0.130. The maximum absolute atomic E-state index is 12.2. The van der Waals surface area contributed by atoms with Crippen LogP contribution in [0, 0.1) is 0 Å². The van der Waals surface area contributed by atoms with E-state index in [0.717, 1.165) is 0 Å². The van der Waals surface area contributed by atoms with E-state index in [2.05, 4.69) is 20.4 Å². The first kappa shape index (κ1) is 19.0. The number of rotatable bonds is 7. The molecule has 1 aromatic heterocycles. The highest BCUT2D eigenvalue weighted by Crippen LogP contribution is 2.42. The largest absolute Gasteiger partial charge is 0.497 e. The highest BCUT2D eigenvalue weighted by molar-refractivity contribution is 5.75. The van der Waals surface area contributed by atoms with Gasteiger partial charge in [-0.25, -0.2) is 0 Å². The molecule has 0 saturated heterocycles. The average Bonchev–Trinajstić information content (AvgIpc) is 3.11. The molecule has 3 rings (SSSR count). The van der Waals surface area contributed by atoms with Gasteiger partial charge in [-0.2, -0.15) is 5.11 Å². The molecule has 0 fully saturated rings. The summed E-state index contributed by atoms with van der Waals surface area (Å²) in [5, 5.41) is 13.6. The van der Waals surface area contributed by atoms with E-state index in [-0.39, 0.29) is 5.69 Å². The van der Waals surface area contributed by atoms with Gasteiger partial charge >= 0.3 is 0 Å². The summed E-state index contributed by atoms with van der Waals surface area (Å²) in [6, 6.07) is 10.4. The van der Waals surface area contributed by atoms with Crippen LogP contribution in [0.4, 0.5) is 11.4 Å². The van der Waals surface area contributed by atoms with Gasteiger partial charge in [-0.3, -0.25) is 15.0 Å². The molecule has 0 atom stereocenters. The van der Waals surface area contributed by atoms with Crippen LogP contribution in [-0.2, 0) is 0 Å². The highest BCUT2D eigenvalue weighted by Gasteiger charge is 2.18. The van der Waals surface area contributed by atoms with Gasteiger partial charge in [0, 0.05) is 5.56 Å². The number of ether oxygens (including phenoxy) is 4. The van der Waals surface area contributed by atoms with Crippen molar-refractivity contribution in [2.24, 2.45) is 10.2 Å². The zero-order chi connectivity index (χ0) is 20.1. The number of aromatic nitrogens is 2. The van der Waals surface area contributed by atoms with E-state index in [1.54, 1.807) is 43.5 Å². The number of hydrogen-bond acceptors (Lipinski definition) is 7. The summed E-state index contributed by atoms with van der Waals surface area (Å²) in [5.41, 5.74) is 1.38. The van der Waals surface area contributed by atoms with E-state index in [1.165, 1.54) is 21.3 Å². The van der Waals surface area contributed by atoms with Crippen molar-refractivity contribution in [1.82, 2.24) is 10.2 Å². The number of nitrogens with zero attached hydrogens (tertiary/aromatic N) is 2. The van der Waals surface area contributed by atoms with Gasteiger partial charge in [0.25, 0.3) is 5.56 Å². The summed E-state index contributed by atoms with van der Waals surface area (Å²) in [7, 11) is 6.14. The summed E-state index contributed by atoms with van der Waals surface area (Å²) in [4.78, 5) is 12.2. The van der Waals surface area contributed by atoms with Gasteiger partial charge in [-0.15, -0.1) is 5.11 Å². The van der Waals surface area contributed by atoms with Crippen LogP contribution in [0.15, 0.2) is 51.4 Å². The van der Waals surface area contributed by atoms with Crippen LogP contribution < -0.4 is 24.5 Å². The van der Waals surface area contributed by atoms with Crippen LogP contribution in [0.25, 0.3) is 11.3 Å². The lowest BCUT2D eigenvalue weighted by Crippen LogP contribution is -1.97. The summed E-state index contributed by atoms with van der Waals surface area (Å²) >= 11 is 0. The molecule has 2 aromatic carbocycles. The van der Waals surface area contributed by atoms with Crippen molar-refractivity contribution >= 4 is 11.4 Å². The Labute approximate surface area is 160 Å². The van der Waals surface area contributed by atoms with Gasteiger partial charge in [0.05, 0.1) is 39.8 Å².